The van der Waals surface area contributed by atoms with Crippen molar-refractivity contribution in [2.45, 2.75) is 46.1 Å². The van der Waals surface area contributed by atoms with Crippen molar-refractivity contribution >= 4 is 21.9 Å². The number of benzene rings is 1. The molecule has 0 spiro atoms. The summed E-state index contributed by atoms with van der Waals surface area (Å²) in [5, 5.41) is 12.8. The van der Waals surface area contributed by atoms with Crippen LogP contribution in [0, 0.1) is 5.41 Å². The van der Waals surface area contributed by atoms with Gasteiger partial charge >= 0.3 is 5.97 Å². The SMILES string of the molecule is CCC(CC)(CNC(C)Cc1ccc(Br)cc1)C(=O)O. The van der Waals surface area contributed by atoms with Crippen LogP contribution in [0.25, 0.3) is 0 Å². The Hall–Kier alpha value is -0.870. The average molecular weight is 342 g/mol. The van der Waals surface area contributed by atoms with E-state index in [1.54, 1.807) is 0 Å². The van der Waals surface area contributed by atoms with Crippen molar-refractivity contribution in [2.75, 3.05) is 6.54 Å². The van der Waals surface area contributed by atoms with Gasteiger partial charge in [-0.25, -0.2) is 0 Å². The van der Waals surface area contributed by atoms with Gasteiger partial charge in [-0.3, -0.25) is 4.79 Å². The van der Waals surface area contributed by atoms with E-state index >= 15 is 0 Å². The first-order valence-electron chi connectivity index (χ1n) is 7.14. The van der Waals surface area contributed by atoms with E-state index in [0.29, 0.717) is 19.4 Å². The van der Waals surface area contributed by atoms with E-state index in [4.69, 9.17) is 0 Å². The average Bonchev–Trinajstić information content (AvgIpc) is 2.43. The van der Waals surface area contributed by atoms with Crippen molar-refractivity contribution in [2.24, 2.45) is 5.41 Å². The molecular formula is C16H24BrNO2. The summed E-state index contributed by atoms with van der Waals surface area (Å²) >= 11 is 3.42. The minimum Gasteiger partial charge on any atom is -0.481 e. The molecule has 1 unspecified atom stereocenters. The van der Waals surface area contributed by atoms with Crippen LogP contribution >= 0.6 is 15.9 Å². The van der Waals surface area contributed by atoms with Gasteiger partial charge < -0.3 is 10.4 Å². The lowest BCUT2D eigenvalue weighted by molar-refractivity contribution is -0.149. The first-order valence-corrected chi connectivity index (χ1v) is 7.94. The Balaban J connectivity index is 2.55. The highest BCUT2D eigenvalue weighted by Crippen LogP contribution is 2.26. The molecule has 0 bridgehead atoms. The lowest BCUT2D eigenvalue weighted by Crippen LogP contribution is -2.43. The van der Waals surface area contributed by atoms with Crippen LogP contribution in [0.2, 0.25) is 0 Å². The zero-order chi connectivity index (χ0) is 15.2. The van der Waals surface area contributed by atoms with E-state index in [1.165, 1.54) is 5.56 Å². The fraction of sp³-hybridized carbons (Fsp3) is 0.562. The van der Waals surface area contributed by atoms with Gasteiger partial charge in [-0.05, 0) is 43.9 Å². The number of carboxylic acids is 1. The summed E-state index contributed by atoms with van der Waals surface area (Å²) in [5.41, 5.74) is 0.607. The van der Waals surface area contributed by atoms with Crippen molar-refractivity contribution in [3.05, 3.63) is 34.3 Å². The zero-order valence-electron chi connectivity index (χ0n) is 12.4. The minimum absolute atomic E-state index is 0.257. The molecule has 1 aromatic rings. The first-order chi connectivity index (χ1) is 9.43. The van der Waals surface area contributed by atoms with Gasteiger partial charge in [0, 0.05) is 17.1 Å². The van der Waals surface area contributed by atoms with Gasteiger partial charge in [-0.15, -0.1) is 0 Å². The maximum absolute atomic E-state index is 11.4. The molecule has 0 saturated carbocycles. The number of rotatable bonds is 8. The first kappa shape index (κ1) is 17.2. The molecule has 1 aromatic carbocycles. The summed E-state index contributed by atoms with van der Waals surface area (Å²) in [7, 11) is 0. The molecule has 1 atom stereocenters. The second kappa shape index (κ2) is 7.79. The highest BCUT2D eigenvalue weighted by atomic mass is 79.9. The molecule has 0 fully saturated rings. The summed E-state index contributed by atoms with van der Waals surface area (Å²) in [4.78, 5) is 11.4. The number of carbonyl (C=O) groups is 1. The van der Waals surface area contributed by atoms with Crippen LogP contribution in [-0.4, -0.2) is 23.7 Å². The Morgan fingerprint density at radius 1 is 1.30 bits per heavy atom. The molecule has 20 heavy (non-hydrogen) atoms. The fourth-order valence-electron chi connectivity index (χ4n) is 2.29. The normalized spacial score (nSPS) is 13.2. The number of halogens is 1. The van der Waals surface area contributed by atoms with E-state index in [9.17, 15) is 9.90 Å². The van der Waals surface area contributed by atoms with Crippen LogP contribution in [-0.2, 0) is 11.2 Å². The maximum Gasteiger partial charge on any atom is 0.310 e. The van der Waals surface area contributed by atoms with E-state index < -0.39 is 11.4 Å². The van der Waals surface area contributed by atoms with Gasteiger partial charge in [0.25, 0.3) is 0 Å². The second-order valence-corrected chi connectivity index (χ2v) is 6.32. The molecule has 3 nitrogen and oxygen atoms in total. The van der Waals surface area contributed by atoms with Gasteiger partial charge in [-0.2, -0.15) is 0 Å². The maximum atomic E-state index is 11.4. The summed E-state index contributed by atoms with van der Waals surface area (Å²) < 4.78 is 1.07. The van der Waals surface area contributed by atoms with E-state index in [2.05, 4.69) is 40.3 Å². The number of aliphatic carboxylic acids is 1. The standard InChI is InChI=1S/C16H24BrNO2/c1-4-16(5-2,15(19)20)11-18-12(3)10-13-6-8-14(17)9-7-13/h6-9,12,18H,4-5,10-11H2,1-3H3,(H,19,20). The third-order valence-corrected chi connectivity index (χ3v) is 4.58. The van der Waals surface area contributed by atoms with Crippen LogP contribution in [0.3, 0.4) is 0 Å². The highest BCUT2D eigenvalue weighted by Gasteiger charge is 2.34. The second-order valence-electron chi connectivity index (χ2n) is 5.41. The summed E-state index contributed by atoms with van der Waals surface area (Å²) in [5.74, 6) is -0.703. The summed E-state index contributed by atoms with van der Waals surface area (Å²) in [6.07, 6.45) is 2.20. The lowest BCUT2D eigenvalue weighted by Gasteiger charge is -2.29. The van der Waals surface area contributed by atoms with Crippen LogP contribution in [0.4, 0.5) is 0 Å². The Labute approximate surface area is 129 Å². The number of carboxylic acid groups (broad SMARTS) is 1. The van der Waals surface area contributed by atoms with Gasteiger partial charge in [0.1, 0.15) is 0 Å². The van der Waals surface area contributed by atoms with Crippen LogP contribution in [0.1, 0.15) is 39.2 Å². The molecule has 0 amide bonds. The van der Waals surface area contributed by atoms with Gasteiger partial charge in [0.15, 0.2) is 0 Å². The third kappa shape index (κ3) is 4.60. The van der Waals surface area contributed by atoms with Crippen LogP contribution in [0.15, 0.2) is 28.7 Å². The molecule has 2 N–H and O–H groups in total. The topological polar surface area (TPSA) is 49.3 Å². The van der Waals surface area contributed by atoms with Crippen molar-refractivity contribution in [3.8, 4) is 0 Å². The van der Waals surface area contributed by atoms with Crippen molar-refractivity contribution < 1.29 is 9.90 Å². The van der Waals surface area contributed by atoms with Crippen molar-refractivity contribution in [1.29, 1.82) is 0 Å². The third-order valence-electron chi connectivity index (χ3n) is 4.05. The molecular weight excluding hydrogens is 318 g/mol. The van der Waals surface area contributed by atoms with Gasteiger partial charge in [0.05, 0.1) is 5.41 Å². The van der Waals surface area contributed by atoms with Crippen molar-refractivity contribution in [3.63, 3.8) is 0 Å². The molecule has 0 aliphatic rings. The molecule has 0 aliphatic heterocycles. The Kier molecular flexibility index (Phi) is 6.69. The smallest absolute Gasteiger partial charge is 0.310 e. The lowest BCUT2D eigenvalue weighted by atomic mass is 9.82. The predicted molar refractivity (Wildman–Crippen MR) is 86.0 cm³/mol. The van der Waals surface area contributed by atoms with E-state index in [1.807, 2.05) is 26.0 Å². The summed E-state index contributed by atoms with van der Waals surface area (Å²) in [6.45, 7) is 6.50. The molecule has 0 aliphatic carbocycles. The van der Waals surface area contributed by atoms with Gasteiger partial charge in [-0.1, -0.05) is 41.9 Å². The quantitative estimate of drug-likeness (QED) is 0.754. The number of hydrogen-bond donors (Lipinski definition) is 2. The molecule has 0 radical (unpaired) electrons. The Morgan fingerprint density at radius 3 is 2.30 bits per heavy atom. The van der Waals surface area contributed by atoms with Crippen LogP contribution < -0.4 is 5.32 Å². The molecule has 1 rings (SSSR count). The Morgan fingerprint density at radius 2 is 1.85 bits per heavy atom. The predicted octanol–water partition coefficient (Wildman–Crippen LogP) is 3.86. The summed E-state index contributed by atoms with van der Waals surface area (Å²) in [6, 6.07) is 8.50. The van der Waals surface area contributed by atoms with E-state index in [-0.39, 0.29) is 6.04 Å². The van der Waals surface area contributed by atoms with Gasteiger partial charge in [0.2, 0.25) is 0 Å². The monoisotopic (exact) mass is 341 g/mol. The molecule has 0 aromatic heterocycles. The van der Waals surface area contributed by atoms with E-state index in [0.717, 1.165) is 10.9 Å². The number of hydrogen-bond acceptors (Lipinski definition) is 2. The van der Waals surface area contributed by atoms with Crippen molar-refractivity contribution in [1.82, 2.24) is 5.32 Å². The minimum atomic E-state index is -0.703. The zero-order valence-corrected chi connectivity index (χ0v) is 14.0. The molecule has 0 heterocycles. The molecule has 112 valence electrons. The Bertz CT molecular complexity index is 427. The fourth-order valence-corrected chi connectivity index (χ4v) is 2.56. The van der Waals surface area contributed by atoms with Crippen LogP contribution in [0.5, 0.6) is 0 Å². The number of nitrogens with one attached hydrogen (secondary N) is 1. The highest BCUT2D eigenvalue weighted by molar-refractivity contribution is 9.10. The molecule has 0 saturated heterocycles. The molecule has 4 heteroatoms. The largest absolute Gasteiger partial charge is 0.481 e.